The van der Waals surface area contributed by atoms with Gasteiger partial charge in [-0.05, 0) is 46.5 Å². The van der Waals surface area contributed by atoms with Crippen LogP contribution in [0.4, 0.5) is 0 Å². The van der Waals surface area contributed by atoms with E-state index in [4.69, 9.17) is 40.5 Å². The zero-order valence-electron chi connectivity index (χ0n) is 24.1. The van der Waals surface area contributed by atoms with Crippen LogP contribution in [-0.2, 0) is 40.5 Å². The Hall–Kier alpha value is 0.508. The van der Waals surface area contributed by atoms with Gasteiger partial charge in [-0.2, -0.15) is 0 Å². The Morgan fingerprint density at radius 1 is 1.11 bits per heavy atom. The third-order valence-corrected chi connectivity index (χ3v) is 14.8. The van der Waals surface area contributed by atoms with Crippen LogP contribution in [-0.4, -0.2) is 101 Å². The summed E-state index contributed by atoms with van der Waals surface area (Å²) in [5.41, 5.74) is -2.99. The third-order valence-electron chi connectivity index (χ3n) is 8.55. The smallest absolute Gasteiger partial charge is 0.435 e. The van der Waals surface area contributed by atoms with E-state index < -0.39 is 31.2 Å². The first kappa shape index (κ1) is 32.0. The van der Waals surface area contributed by atoms with Crippen LogP contribution in [0, 0.1) is 5.41 Å². The molecule has 3 saturated heterocycles. The lowest BCUT2D eigenvalue weighted by Gasteiger charge is -2.69. The lowest BCUT2D eigenvalue weighted by molar-refractivity contribution is -0.441. The van der Waals surface area contributed by atoms with Gasteiger partial charge in [0.1, 0.15) is 11.2 Å². The molecule has 13 heteroatoms. The van der Waals surface area contributed by atoms with Crippen molar-refractivity contribution in [2.24, 2.45) is 5.41 Å². The van der Waals surface area contributed by atoms with Crippen LogP contribution in [0.25, 0.3) is 0 Å². The molecule has 3 aliphatic heterocycles. The Labute approximate surface area is 233 Å². The molecule has 0 amide bonds. The molecule has 0 bridgehead atoms. The molecule has 0 aromatic heterocycles. The molecule has 3 aliphatic rings. The van der Waals surface area contributed by atoms with Crippen molar-refractivity contribution in [2.45, 2.75) is 122 Å². The maximum absolute atomic E-state index is 7.25. The van der Waals surface area contributed by atoms with E-state index >= 15 is 0 Å². The normalized spacial score (nSPS) is 33.2. The molecule has 7 radical (unpaired) electrons. The lowest BCUT2D eigenvalue weighted by Crippen LogP contribution is -2.84. The van der Waals surface area contributed by atoms with E-state index in [0.717, 1.165) is 19.4 Å². The van der Waals surface area contributed by atoms with E-state index in [9.17, 15) is 0 Å². The van der Waals surface area contributed by atoms with Crippen LogP contribution in [0.15, 0.2) is 0 Å². The predicted octanol–water partition coefficient (Wildman–Crippen LogP) is 3.30. The summed E-state index contributed by atoms with van der Waals surface area (Å²) >= 11 is 0. The van der Waals surface area contributed by atoms with Gasteiger partial charge in [0.05, 0.1) is 23.9 Å². The molecule has 0 aromatic rings. The van der Waals surface area contributed by atoms with E-state index in [-0.39, 0.29) is 42.7 Å². The average molecular weight is 590 g/mol. The van der Waals surface area contributed by atoms with E-state index in [2.05, 4.69) is 65.9 Å². The Morgan fingerprint density at radius 2 is 1.73 bits per heavy atom. The van der Waals surface area contributed by atoms with Crippen LogP contribution in [0.1, 0.15) is 81.6 Å². The highest BCUT2D eigenvalue weighted by Gasteiger charge is 2.76. The van der Waals surface area contributed by atoms with Gasteiger partial charge in [0.15, 0.2) is 6.29 Å². The SMILES string of the molecule is CCO[Si](OC(C)(C)C(C)(C)C)(OC(C)(C)C1(C2(C3CCO3)CCO2)CC(OC)O1)C(C)[Si]O[Si]O[Si]. The second-order valence-electron chi connectivity index (χ2n) is 12.1. The molecule has 3 heterocycles. The zero-order chi connectivity index (χ0) is 27.8. The van der Waals surface area contributed by atoms with E-state index in [1.54, 1.807) is 7.11 Å². The quantitative estimate of drug-likeness (QED) is 0.211. The van der Waals surface area contributed by atoms with Crippen molar-refractivity contribution < 1.29 is 40.5 Å². The molecule has 37 heavy (non-hydrogen) atoms. The number of ether oxygens (including phenoxy) is 4. The zero-order valence-corrected chi connectivity index (χ0v) is 28.1. The summed E-state index contributed by atoms with van der Waals surface area (Å²) < 4.78 is 56.3. The van der Waals surface area contributed by atoms with Crippen molar-refractivity contribution >= 4 is 39.1 Å². The maximum Gasteiger partial charge on any atom is 0.504 e. The summed E-state index contributed by atoms with van der Waals surface area (Å²) in [7, 11) is 1.16. The standard InChI is InChI=1S/C24H45O9Si4/c1-11-28-37(17(2)35-33-36-32-34,30-21(6,7)20(3,4)5)31-22(8,9)24(16-19(25-10)29-24)23(13-15-27-23)18-12-14-26-18/h17-19H,11-16H2,1-10H3. The molecular formula is C24H45O9Si4. The minimum atomic E-state index is -3.45. The first-order valence-corrected chi connectivity index (χ1v) is 17.2. The van der Waals surface area contributed by atoms with Gasteiger partial charge < -0.3 is 40.5 Å². The van der Waals surface area contributed by atoms with Crippen LogP contribution in [0.3, 0.4) is 0 Å². The Morgan fingerprint density at radius 3 is 2.14 bits per heavy atom. The van der Waals surface area contributed by atoms with Crippen LogP contribution >= 0.6 is 0 Å². The van der Waals surface area contributed by atoms with Crippen molar-refractivity contribution in [3.05, 3.63) is 0 Å². The highest BCUT2D eigenvalue weighted by Crippen LogP contribution is 2.60. The summed E-state index contributed by atoms with van der Waals surface area (Å²) in [5, 5.41) is -0.156. The van der Waals surface area contributed by atoms with Crippen molar-refractivity contribution in [2.75, 3.05) is 26.9 Å². The first-order chi connectivity index (χ1) is 17.2. The Bertz CT molecular complexity index is 749. The number of methoxy groups -OCH3 is 1. The fraction of sp³-hybridized carbons (Fsp3) is 1.00. The first-order valence-electron chi connectivity index (χ1n) is 13.2. The van der Waals surface area contributed by atoms with Gasteiger partial charge in [0.2, 0.25) is 20.2 Å². The number of hydrogen-bond acceptors (Lipinski definition) is 9. The Kier molecular flexibility index (Phi) is 10.2. The van der Waals surface area contributed by atoms with Gasteiger partial charge >= 0.3 is 18.8 Å². The summed E-state index contributed by atoms with van der Waals surface area (Å²) in [4.78, 5) is 0. The van der Waals surface area contributed by atoms with E-state index in [1.165, 1.54) is 0 Å². The van der Waals surface area contributed by atoms with Crippen molar-refractivity contribution in [3.63, 3.8) is 0 Å². The van der Waals surface area contributed by atoms with Crippen molar-refractivity contribution in [1.82, 2.24) is 0 Å². The molecule has 0 aromatic carbocycles. The number of hydrogen-bond donors (Lipinski definition) is 0. The fourth-order valence-electron chi connectivity index (χ4n) is 5.24. The van der Waals surface area contributed by atoms with Crippen LogP contribution in [0.5, 0.6) is 0 Å². The van der Waals surface area contributed by atoms with Gasteiger partial charge in [-0.3, -0.25) is 0 Å². The summed E-state index contributed by atoms with van der Waals surface area (Å²) in [6, 6.07) is 0. The molecule has 0 spiro atoms. The van der Waals surface area contributed by atoms with Gasteiger partial charge in [-0.25, -0.2) is 0 Å². The molecule has 0 N–H and O–H groups in total. The summed E-state index contributed by atoms with van der Waals surface area (Å²) in [5.74, 6) is 0. The molecule has 6 atom stereocenters. The molecule has 3 rings (SSSR count). The van der Waals surface area contributed by atoms with Gasteiger partial charge in [0.25, 0.3) is 0 Å². The topological polar surface area (TPSA) is 83.1 Å². The average Bonchev–Trinajstić information content (AvgIpc) is 2.68. The van der Waals surface area contributed by atoms with Gasteiger partial charge in [-0.1, -0.05) is 27.7 Å². The summed E-state index contributed by atoms with van der Waals surface area (Å²) in [6.45, 7) is 20.7. The molecular weight excluding hydrogens is 545 g/mol. The second-order valence-corrected chi connectivity index (χ2v) is 18.3. The monoisotopic (exact) mass is 589 g/mol. The molecule has 0 saturated carbocycles. The Balaban J connectivity index is 2.03. The third kappa shape index (κ3) is 5.81. The van der Waals surface area contributed by atoms with Crippen molar-refractivity contribution in [3.8, 4) is 0 Å². The minimum Gasteiger partial charge on any atom is -0.435 e. The molecule has 3 fully saturated rings. The molecule has 9 nitrogen and oxygen atoms in total. The number of rotatable bonds is 15. The molecule has 0 aliphatic carbocycles. The predicted molar refractivity (Wildman–Crippen MR) is 143 cm³/mol. The van der Waals surface area contributed by atoms with Crippen LogP contribution in [0.2, 0.25) is 5.16 Å². The van der Waals surface area contributed by atoms with Gasteiger partial charge in [0, 0.05) is 38.3 Å². The molecule has 6 unspecified atom stereocenters. The van der Waals surface area contributed by atoms with Gasteiger partial charge in [-0.15, -0.1) is 0 Å². The highest BCUT2D eigenvalue weighted by molar-refractivity contribution is 6.73. The van der Waals surface area contributed by atoms with E-state index in [1.807, 2.05) is 6.92 Å². The van der Waals surface area contributed by atoms with Crippen LogP contribution < -0.4 is 0 Å². The van der Waals surface area contributed by atoms with Crippen molar-refractivity contribution in [1.29, 1.82) is 0 Å². The minimum absolute atomic E-state index is 0.0447. The second kappa shape index (κ2) is 11.8. The highest BCUT2D eigenvalue weighted by atomic mass is 28.4. The van der Waals surface area contributed by atoms with E-state index in [0.29, 0.717) is 19.6 Å². The fourth-order valence-corrected chi connectivity index (χ4v) is 11.5. The largest absolute Gasteiger partial charge is 0.504 e. The molecule has 211 valence electrons. The maximum atomic E-state index is 7.25. The lowest BCUT2D eigenvalue weighted by atomic mass is 9.60. The summed E-state index contributed by atoms with van der Waals surface area (Å²) in [6.07, 6.45) is 2.01.